The van der Waals surface area contributed by atoms with Crippen molar-refractivity contribution in [2.24, 2.45) is 0 Å². The maximum atomic E-state index is 13.5. The summed E-state index contributed by atoms with van der Waals surface area (Å²) in [6.45, 7) is 4.87. The van der Waals surface area contributed by atoms with Crippen LogP contribution >= 0.6 is 11.6 Å². The molecule has 1 N–H and O–H groups in total. The summed E-state index contributed by atoms with van der Waals surface area (Å²) in [6.07, 6.45) is 0.588. The van der Waals surface area contributed by atoms with Gasteiger partial charge >= 0.3 is 0 Å². The van der Waals surface area contributed by atoms with E-state index in [-0.39, 0.29) is 11.9 Å². The van der Waals surface area contributed by atoms with Crippen molar-refractivity contribution in [3.05, 3.63) is 70.3 Å². The summed E-state index contributed by atoms with van der Waals surface area (Å²) in [5.41, 5.74) is 2.79. The van der Waals surface area contributed by atoms with Crippen LogP contribution in [0.15, 0.2) is 42.5 Å². The molecule has 186 valence electrons. The Bertz CT molecular complexity index is 1160. The average molecular weight is 500 g/mol. The van der Waals surface area contributed by atoms with Gasteiger partial charge in [0.1, 0.15) is 29.0 Å². The molecule has 0 amide bonds. The minimum absolute atomic E-state index is 0.122. The van der Waals surface area contributed by atoms with Crippen molar-refractivity contribution in [2.75, 3.05) is 57.7 Å². The highest BCUT2D eigenvalue weighted by Crippen LogP contribution is 2.34. The van der Waals surface area contributed by atoms with Gasteiger partial charge in [-0.15, -0.1) is 0 Å². The molecule has 1 atom stereocenters. The van der Waals surface area contributed by atoms with Gasteiger partial charge in [-0.25, -0.2) is 14.4 Å². The Morgan fingerprint density at radius 1 is 1.11 bits per heavy atom. The molecule has 1 fully saturated rings. The van der Waals surface area contributed by atoms with Gasteiger partial charge in [0.25, 0.3) is 0 Å². The van der Waals surface area contributed by atoms with Gasteiger partial charge in [-0.2, -0.15) is 0 Å². The first-order valence-corrected chi connectivity index (χ1v) is 11.9. The number of aromatic nitrogens is 2. The second-order valence-corrected chi connectivity index (χ2v) is 9.10. The van der Waals surface area contributed by atoms with Crippen molar-refractivity contribution in [3.63, 3.8) is 0 Å². The fourth-order valence-electron chi connectivity index (χ4n) is 4.21. The second-order valence-electron chi connectivity index (χ2n) is 8.69. The number of rotatable bonds is 8. The normalized spacial score (nSPS) is 16.4. The van der Waals surface area contributed by atoms with Crippen LogP contribution in [0.4, 0.5) is 21.7 Å². The van der Waals surface area contributed by atoms with E-state index in [0.29, 0.717) is 35.4 Å². The number of hydrogen-bond acceptors (Lipinski definition) is 7. The van der Waals surface area contributed by atoms with Crippen molar-refractivity contribution >= 4 is 28.9 Å². The number of aryl methyl sites for hydroxylation is 1. The maximum absolute atomic E-state index is 13.5. The van der Waals surface area contributed by atoms with Gasteiger partial charge in [0.15, 0.2) is 0 Å². The first-order chi connectivity index (χ1) is 16.9. The van der Waals surface area contributed by atoms with E-state index >= 15 is 0 Å². The van der Waals surface area contributed by atoms with Crippen LogP contribution in [0, 0.1) is 12.7 Å². The molecule has 7 nitrogen and oxygen atoms in total. The molecule has 1 aliphatic heterocycles. The average Bonchev–Trinajstić information content (AvgIpc) is 2.85. The van der Waals surface area contributed by atoms with Crippen LogP contribution < -0.4 is 15.0 Å². The van der Waals surface area contributed by atoms with Crippen molar-refractivity contribution in [1.82, 2.24) is 14.9 Å². The van der Waals surface area contributed by atoms with Crippen LogP contribution in [-0.2, 0) is 11.2 Å². The van der Waals surface area contributed by atoms with E-state index in [1.54, 1.807) is 20.3 Å². The topological polar surface area (TPSA) is 62.8 Å². The third-order valence-electron chi connectivity index (χ3n) is 6.26. The molecule has 2 aromatic carbocycles. The van der Waals surface area contributed by atoms with E-state index in [1.807, 2.05) is 31.2 Å². The number of nitrogens with zero attached hydrogens (tertiary/aromatic N) is 4. The SMILES string of the molecule is COCCc1nc(Nc2cc(C)c(Cl)cc2OC)cc(N2CCN(C)C(c3ccc(F)cc3)C2)n1. The van der Waals surface area contributed by atoms with E-state index in [0.717, 1.165) is 42.3 Å². The van der Waals surface area contributed by atoms with E-state index < -0.39 is 0 Å². The zero-order chi connectivity index (χ0) is 24.9. The molecule has 1 saturated heterocycles. The number of benzene rings is 2. The third-order valence-corrected chi connectivity index (χ3v) is 6.67. The highest BCUT2D eigenvalue weighted by molar-refractivity contribution is 6.31. The van der Waals surface area contributed by atoms with Crippen LogP contribution in [0.2, 0.25) is 5.02 Å². The van der Waals surface area contributed by atoms with Crippen molar-refractivity contribution in [1.29, 1.82) is 0 Å². The smallest absolute Gasteiger partial charge is 0.143 e. The number of anilines is 3. The first-order valence-electron chi connectivity index (χ1n) is 11.6. The standard InChI is InChI=1S/C26H31ClFN5O2/c1-17-13-21(23(35-4)14-20(17)27)29-25-15-26(31-24(30-25)9-12-34-3)33-11-10-32(2)22(16-33)18-5-7-19(28)8-6-18/h5-8,13-15,22H,9-12,16H2,1-4H3,(H,29,30,31). The van der Waals surface area contributed by atoms with Gasteiger partial charge in [0.2, 0.25) is 0 Å². The molecule has 0 aliphatic carbocycles. The number of hydrogen-bond donors (Lipinski definition) is 1. The maximum Gasteiger partial charge on any atom is 0.143 e. The zero-order valence-electron chi connectivity index (χ0n) is 20.5. The molecule has 0 saturated carbocycles. The molecular formula is C26H31ClFN5O2. The Hall–Kier alpha value is -2.94. The Kier molecular flexibility index (Phi) is 8.05. The number of methoxy groups -OCH3 is 2. The lowest BCUT2D eigenvalue weighted by Crippen LogP contribution is -2.47. The van der Waals surface area contributed by atoms with Gasteiger partial charge in [0.05, 0.1) is 25.4 Å². The molecule has 1 unspecified atom stereocenters. The Balaban J connectivity index is 1.65. The highest BCUT2D eigenvalue weighted by Gasteiger charge is 2.27. The predicted molar refractivity (Wildman–Crippen MR) is 138 cm³/mol. The summed E-state index contributed by atoms with van der Waals surface area (Å²) in [4.78, 5) is 14.1. The first kappa shape index (κ1) is 25.2. The second kappa shape index (κ2) is 11.2. The Labute approximate surface area is 210 Å². The molecule has 9 heteroatoms. The molecule has 0 spiro atoms. The van der Waals surface area contributed by atoms with Gasteiger partial charge < -0.3 is 19.7 Å². The minimum Gasteiger partial charge on any atom is -0.495 e. The van der Waals surface area contributed by atoms with Crippen LogP contribution in [0.1, 0.15) is 23.0 Å². The number of halogens is 2. The molecular weight excluding hydrogens is 469 g/mol. The molecule has 1 aliphatic rings. The fourth-order valence-corrected chi connectivity index (χ4v) is 4.36. The Morgan fingerprint density at radius 2 is 1.89 bits per heavy atom. The Morgan fingerprint density at radius 3 is 2.60 bits per heavy atom. The fraction of sp³-hybridized carbons (Fsp3) is 0.385. The molecule has 0 bridgehead atoms. The monoisotopic (exact) mass is 499 g/mol. The van der Waals surface area contributed by atoms with Crippen molar-refractivity contribution < 1.29 is 13.9 Å². The summed E-state index contributed by atoms with van der Waals surface area (Å²) in [6, 6.07) is 12.5. The summed E-state index contributed by atoms with van der Waals surface area (Å²) in [5.74, 6) is 2.59. The van der Waals surface area contributed by atoms with E-state index in [9.17, 15) is 4.39 Å². The largest absolute Gasteiger partial charge is 0.495 e. The number of likely N-dealkylation sites (N-methyl/N-ethyl adjacent to an activating group) is 1. The number of piperazine rings is 1. The molecule has 35 heavy (non-hydrogen) atoms. The van der Waals surface area contributed by atoms with E-state index in [4.69, 9.17) is 31.0 Å². The van der Waals surface area contributed by atoms with E-state index in [2.05, 4.69) is 22.2 Å². The van der Waals surface area contributed by atoms with Crippen LogP contribution in [0.25, 0.3) is 0 Å². The van der Waals surface area contributed by atoms with Crippen LogP contribution in [-0.4, -0.2) is 62.4 Å². The van der Waals surface area contributed by atoms with E-state index in [1.165, 1.54) is 12.1 Å². The van der Waals surface area contributed by atoms with Crippen molar-refractivity contribution in [3.8, 4) is 5.75 Å². The molecule has 3 aromatic rings. The highest BCUT2D eigenvalue weighted by atomic mass is 35.5. The lowest BCUT2D eigenvalue weighted by Gasteiger charge is -2.40. The van der Waals surface area contributed by atoms with Crippen LogP contribution in [0.5, 0.6) is 5.75 Å². The van der Waals surface area contributed by atoms with Crippen LogP contribution in [0.3, 0.4) is 0 Å². The summed E-state index contributed by atoms with van der Waals surface area (Å²) in [7, 11) is 5.37. The quantitative estimate of drug-likeness (QED) is 0.467. The third kappa shape index (κ3) is 6.01. The van der Waals surface area contributed by atoms with Gasteiger partial charge in [-0.1, -0.05) is 23.7 Å². The zero-order valence-corrected chi connectivity index (χ0v) is 21.3. The van der Waals surface area contributed by atoms with Gasteiger partial charge in [0, 0.05) is 50.3 Å². The van der Waals surface area contributed by atoms with Crippen molar-refractivity contribution in [2.45, 2.75) is 19.4 Å². The molecule has 0 radical (unpaired) electrons. The lowest BCUT2D eigenvalue weighted by atomic mass is 10.0. The molecule has 2 heterocycles. The summed E-state index contributed by atoms with van der Waals surface area (Å²) < 4.78 is 24.3. The molecule has 4 rings (SSSR count). The predicted octanol–water partition coefficient (Wildman–Crippen LogP) is 5.01. The number of ether oxygens (including phenoxy) is 2. The summed E-state index contributed by atoms with van der Waals surface area (Å²) in [5, 5.41) is 4.03. The minimum atomic E-state index is -0.230. The molecule has 1 aromatic heterocycles. The number of nitrogens with one attached hydrogen (secondary N) is 1. The van der Waals surface area contributed by atoms with Gasteiger partial charge in [-0.3, -0.25) is 4.90 Å². The summed E-state index contributed by atoms with van der Waals surface area (Å²) >= 11 is 6.28. The van der Waals surface area contributed by atoms with Gasteiger partial charge in [-0.05, 0) is 43.3 Å². The lowest BCUT2D eigenvalue weighted by molar-refractivity contribution is 0.200.